The smallest absolute Gasteiger partial charge is 0.335 e. The third-order valence-electron chi connectivity index (χ3n) is 5.25. The monoisotopic (exact) mass is 458 g/mol. The number of barbiturate groups is 1. The van der Waals surface area contributed by atoms with Crippen LogP contribution in [0.3, 0.4) is 0 Å². The van der Waals surface area contributed by atoms with Crippen molar-refractivity contribution < 1.29 is 23.9 Å². The summed E-state index contributed by atoms with van der Waals surface area (Å²) in [4.78, 5) is 39.6. The van der Waals surface area contributed by atoms with E-state index in [1.165, 1.54) is 6.08 Å². The molecule has 0 spiro atoms. The molecule has 4 amide bonds. The molecular weight excluding hydrogens is 432 g/mol. The molecule has 0 bridgehead atoms. The first-order valence-corrected chi connectivity index (χ1v) is 11.2. The Morgan fingerprint density at radius 2 is 1.71 bits per heavy atom. The van der Waals surface area contributed by atoms with Crippen molar-refractivity contribution in [3.05, 3.63) is 71.8 Å². The van der Waals surface area contributed by atoms with Gasteiger partial charge in [-0.05, 0) is 67.4 Å². The molecule has 0 radical (unpaired) electrons. The van der Waals surface area contributed by atoms with E-state index in [0.717, 1.165) is 22.1 Å². The van der Waals surface area contributed by atoms with Gasteiger partial charge in [0.1, 0.15) is 17.1 Å². The number of nitrogens with one attached hydrogen (secondary N) is 1. The fourth-order valence-corrected chi connectivity index (χ4v) is 3.73. The van der Waals surface area contributed by atoms with Crippen LogP contribution in [0.2, 0.25) is 0 Å². The van der Waals surface area contributed by atoms with Gasteiger partial charge in [-0.3, -0.25) is 14.9 Å². The molecule has 4 rings (SSSR count). The second kappa shape index (κ2) is 9.79. The maximum atomic E-state index is 13.4. The van der Waals surface area contributed by atoms with E-state index in [4.69, 9.17) is 9.47 Å². The third-order valence-corrected chi connectivity index (χ3v) is 5.25. The molecule has 0 aromatic heterocycles. The SMILES string of the molecule is CCCOc1ccc(N2C(=O)NC(=O)/C(=C/c3c(OC(C)C)ccc4ccccc34)C2=O)cc1. The molecule has 1 heterocycles. The fourth-order valence-electron chi connectivity index (χ4n) is 3.73. The maximum Gasteiger partial charge on any atom is 0.335 e. The largest absolute Gasteiger partial charge is 0.494 e. The number of benzene rings is 3. The van der Waals surface area contributed by atoms with E-state index in [1.54, 1.807) is 24.3 Å². The van der Waals surface area contributed by atoms with Crippen molar-refractivity contribution in [3.63, 3.8) is 0 Å². The standard InChI is InChI=1S/C27H26N2O5/c1-4-15-33-20-12-10-19(11-13-20)29-26(31)23(25(30)28-27(29)32)16-22-21-8-6-5-7-18(21)9-14-24(22)34-17(2)3/h5-14,16-17H,4,15H2,1-3H3,(H,28,30,32)/b23-16-. The molecule has 1 aliphatic rings. The summed E-state index contributed by atoms with van der Waals surface area (Å²) >= 11 is 0. The molecule has 1 saturated heterocycles. The summed E-state index contributed by atoms with van der Waals surface area (Å²) in [5.41, 5.74) is 0.778. The van der Waals surface area contributed by atoms with E-state index in [0.29, 0.717) is 29.4 Å². The number of rotatable bonds is 7. The van der Waals surface area contributed by atoms with Crippen molar-refractivity contribution in [3.8, 4) is 11.5 Å². The van der Waals surface area contributed by atoms with Gasteiger partial charge >= 0.3 is 6.03 Å². The maximum absolute atomic E-state index is 13.4. The lowest BCUT2D eigenvalue weighted by molar-refractivity contribution is -0.122. The minimum absolute atomic E-state index is 0.110. The summed E-state index contributed by atoms with van der Waals surface area (Å²) in [6, 6.07) is 17.2. The predicted molar refractivity (Wildman–Crippen MR) is 131 cm³/mol. The van der Waals surface area contributed by atoms with Gasteiger partial charge in [-0.2, -0.15) is 0 Å². The minimum atomic E-state index is -0.800. The Bertz CT molecular complexity index is 1280. The van der Waals surface area contributed by atoms with Crippen molar-refractivity contribution in [2.75, 3.05) is 11.5 Å². The Morgan fingerprint density at radius 1 is 0.971 bits per heavy atom. The average Bonchev–Trinajstić information content (AvgIpc) is 2.81. The molecular formula is C27H26N2O5. The van der Waals surface area contributed by atoms with Crippen LogP contribution in [-0.2, 0) is 9.59 Å². The van der Waals surface area contributed by atoms with E-state index in [2.05, 4.69) is 5.32 Å². The predicted octanol–water partition coefficient (Wildman–Crippen LogP) is 5.08. The number of hydrogen-bond donors (Lipinski definition) is 1. The number of urea groups is 1. The Morgan fingerprint density at radius 3 is 2.41 bits per heavy atom. The van der Waals surface area contributed by atoms with Crippen molar-refractivity contribution in [1.82, 2.24) is 5.32 Å². The Kier molecular flexibility index (Phi) is 6.63. The molecule has 0 atom stereocenters. The highest BCUT2D eigenvalue weighted by Crippen LogP contribution is 2.32. The molecule has 3 aromatic carbocycles. The Balaban J connectivity index is 1.76. The van der Waals surface area contributed by atoms with E-state index in [1.807, 2.05) is 57.2 Å². The molecule has 174 valence electrons. The van der Waals surface area contributed by atoms with Crippen molar-refractivity contribution in [2.24, 2.45) is 0 Å². The van der Waals surface area contributed by atoms with Gasteiger partial charge in [-0.25, -0.2) is 9.69 Å². The van der Waals surface area contributed by atoms with E-state index in [-0.39, 0.29) is 11.7 Å². The zero-order valence-corrected chi connectivity index (χ0v) is 19.3. The van der Waals surface area contributed by atoms with Gasteiger partial charge in [0.05, 0.1) is 18.4 Å². The molecule has 3 aromatic rings. The molecule has 1 fully saturated rings. The molecule has 0 aliphatic carbocycles. The lowest BCUT2D eigenvalue weighted by Gasteiger charge is -2.26. The van der Waals surface area contributed by atoms with E-state index < -0.39 is 17.8 Å². The molecule has 1 aliphatic heterocycles. The lowest BCUT2D eigenvalue weighted by Crippen LogP contribution is -2.54. The quantitative estimate of drug-likeness (QED) is 0.394. The minimum Gasteiger partial charge on any atom is -0.494 e. The van der Waals surface area contributed by atoms with Crippen LogP contribution >= 0.6 is 0 Å². The second-order valence-corrected chi connectivity index (χ2v) is 8.17. The summed E-state index contributed by atoms with van der Waals surface area (Å²) in [5, 5.41) is 4.04. The number of nitrogens with zero attached hydrogens (tertiary/aromatic N) is 1. The number of imide groups is 2. The van der Waals surface area contributed by atoms with Crippen molar-refractivity contribution >= 4 is 40.4 Å². The number of hydrogen-bond acceptors (Lipinski definition) is 5. The normalized spacial score (nSPS) is 15.2. The fraction of sp³-hybridized carbons (Fsp3) is 0.222. The first-order valence-electron chi connectivity index (χ1n) is 11.2. The summed E-state index contributed by atoms with van der Waals surface area (Å²) < 4.78 is 11.5. The molecule has 34 heavy (non-hydrogen) atoms. The highest BCUT2D eigenvalue weighted by atomic mass is 16.5. The lowest BCUT2D eigenvalue weighted by atomic mass is 9.99. The van der Waals surface area contributed by atoms with Crippen LogP contribution < -0.4 is 19.7 Å². The van der Waals surface area contributed by atoms with Gasteiger partial charge in [-0.15, -0.1) is 0 Å². The number of ether oxygens (including phenoxy) is 2. The van der Waals surface area contributed by atoms with Crippen LogP contribution in [0, 0.1) is 0 Å². The topological polar surface area (TPSA) is 84.9 Å². The second-order valence-electron chi connectivity index (χ2n) is 8.17. The first-order chi connectivity index (χ1) is 16.4. The van der Waals surface area contributed by atoms with Crippen LogP contribution in [0.25, 0.3) is 16.8 Å². The van der Waals surface area contributed by atoms with E-state index in [9.17, 15) is 14.4 Å². The highest BCUT2D eigenvalue weighted by molar-refractivity contribution is 6.39. The van der Waals surface area contributed by atoms with Gasteiger partial charge in [0.2, 0.25) is 0 Å². The van der Waals surface area contributed by atoms with Crippen LogP contribution in [-0.4, -0.2) is 30.6 Å². The van der Waals surface area contributed by atoms with Crippen LogP contribution in [0.1, 0.15) is 32.8 Å². The zero-order valence-electron chi connectivity index (χ0n) is 19.3. The molecule has 7 nitrogen and oxygen atoms in total. The zero-order chi connectivity index (χ0) is 24.2. The van der Waals surface area contributed by atoms with Crippen molar-refractivity contribution in [2.45, 2.75) is 33.3 Å². The Hall–Kier alpha value is -4.13. The summed E-state index contributed by atoms with van der Waals surface area (Å²) in [5.74, 6) is -0.284. The van der Waals surface area contributed by atoms with Crippen LogP contribution in [0.5, 0.6) is 11.5 Å². The van der Waals surface area contributed by atoms with Gasteiger partial charge in [-0.1, -0.05) is 37.3 Å². The van der Waals surface area contributed by atoms with Crippen LogP contribution in [0.15, 0.2) is 66.2 Å². The number of fused-ring (bicyclic) bond motifs is 1. The van der Waals surface area contributed by atoms with Gasteiger partial charge in [0.25, 0.3) is 11.8 Å². The van der Waals surface area contributed by atoms with Gasteiger partial charge < -0.3 is 9.47 Å². The highest BCUT2D eigenvalue weighted by Gasteiger charge is 2.37. The van der Waals surface area contributed by atoms with Crippen molar-refractivity contribution in [1.29, 1.82) is 0 Å². The van der Waals surface area contributed by atoms with Crippen LogP contribution in [0.4, 0.5) is 10.5 Å². The van der Waals surface area contributed by atoms with Gasteiger partial charge in [0, 0.05) is 5.56 Å². The van der Waals surface area contributed by atoms with Gasteiger partial charge in [0.15, 0.2) is 0 Å². The van der Waals surface area contributed by atoms with E-state index >= 15 is 0 Å². The molecule has 1 N–H and O–H groups in total. The molecule has 0 saturated carbocycles. The summed E-state index contributed by atoms with van der Waals surface area (Å²) in [6.07, 6.45) is 2.25. The summed E-state index contributed by atoms with van der Waals surface area (Å²) in [7, 11) is 0. The Labute approximate surface area is 198 Å². The molecule has 0 unspecified atom stereocenters. The average molecular weight is 459 g/mol. The number of carbonyl (C=O) groups excluding carboxylic acids is 3. The number of anilines is 1. The third kappa shape index (κ3) is 4.64. The molecule has 7 heteroatoms. The number of amides is 4. The summed E-state index contributed by atoms with van der Waals surface area (Å²) in [6.45, 7) is 6.37. The number of carbonyl (C=O) groups is 3. The first kappa shape index (κ1) is 23.0.